The van der Waals surface area contributed by atoms with Crippen LogP contribution >= 0.6 is 0 Å². The minimum absolute atomic E-state index is 0.0967. The molecule has 218 valence electrons. The Kier molecular flexibility index (Phi) is 9.27. The van der Waals surface area contributed by atoms with Crippen LogP contribution in [-0.2, 0) is 14.8 Å². The van der Waals surface area contributed by atoms with Crippen molar-refractivity contribution in [2.45, 2.75) is 69.9 Å². The fraction of sp³-hybridized carbons (Fsp3) is 0.441. The van der Waals surface area contributed by atoms with Crippen LogP contribution in [0.5, 0.6) is 0 Å². The van der Waals surface area contributed by atoms with Crippen LogP contribution in [0.25, 0.3) is 0 Å². The van der Waals surface area contributed by atoms with E-state index in [1.54, 1.807) is 4.31 Å². The lowest BCUT2D eigenvalue weighted by molar-refractivity contribution is -0.133. The second kappa shape index (κ2) is 12.9. The first-order chi connectivity index (χ1) is 19.8. The third-order valence-electron chi connectivity index (χ3n) is 8.71. The van der Waals surface area contributed by atoms with E-state index in [2.05, 4.69) is 53.4 Å². The quantitative estimate of drug-likeness (QED) is 0.338. The Labute approximate surface area is 246 Å². The highest BCUT2D eigenvalue weighted by Crippen LogP contribution is 2.32. The number of hydrogen-bond acceptors (Lipinski definition) is 4. The van der Waals surface area contributed by atoms with Crippen LogP contribution in [0.4, 0.5) is 0 Å². The molecule has 1 heterocycles. The Balaban J connectivity index is 1.34. The molecule has 0 spiro atoms. The summed E-state index contributed by atoms with van der Waals surface area (Å²) in [4.78, 5) is 18.4. The zero-order valence-corrected chi connectivity index (χ0v) is 25.4. The van der Waals surface area contributed by atoms with Crippen molar-refractivity contribution in [2.24, 2.45) is 0 Å². The third kappa shape index (κ3) is 6.58. The number of nitrogens with zero attached hydrogens (tertiary/aromatic N) is 3. The molecule has 41 heavy (non-hydrogen) atoms. The van der Waals surface area contributed by atoms with E-state index in [-0.39, 0.29) is 24.5 Å². The number of benzene rings is 3. The fourth-order valence-electron chi connectivity index (χ4n) is 6.82. The van der Waals surface area contributed by atoms with Crippen molar-refractivity contribution in [3.8, 4) is 0 Å². The largest absolute Gasteiger partial charge is 0.339 e. The molecule has 0 unspecified atom stereocenters. The van der Waals surface area contributed by atoms with Gasteiger partial charge in [-0.05, 0) is 55.9 Å². The van der Waals surface area contributed by atoms with E-state index >= 15 is 0 Å². The van der Waals surface area contributed by atoms with Crippen molar-refractivity contribution in [3.63, 3.8) is 0 Å². The van der Waals surface area contributed by atoms with Gasteiger partial charge in [0.2, 0.25) is 15.9 Å². The van der Waals surface area contributed by atoms with Crippen molar-refractivity contribution in [1.82, 2.24) is 14.1 Å². The summed E-state index contributed by atoms with van der Waals surface area (Å²) in [5, 5.41) is 0. The van der Waals surface area contributed by atoms with Gasteiger partial charge >= 0.3 is 0 Å². The number of hydrogen-bond donors (Lipinski definition) is 0. The van der Waals surface area contributed by atoms with E-state index < -0.39 is 10.0 Å². The molecule has 1 amide bonds. The van der Waals surface area contributed by atoms with Gasteiger partial charge in [0.05, 0.1) is 17.5 Å². The highest BCUT2D eigenvalue weighted by Gasteiger charge is 2.37. The van der Waals surface area contributed by atoms with Gasteiger partial charge in [-0.1, -0.05) is 97.6 Å². The van der Waals surface area contributed by atoms with E-state index in [9.17, 15) is 13.2 Å². The molecule has 1 saturated carbocycles. The summed E-state index contributed by atoms with van der Waals surface area (Å²) < 4.78 is 30.0. The Hall–Kier alpha value is -3.00. The first kappa shape index (κ1) is 29.5. The number of rotatable bonds is 8. The SMILES string of the molecule is Cc1cc(C)c(S(=O)(=O)N(CC(=O)N2CCN(C(c3ccccc3)c3ccccc3)CC2)C2CCCCC2)c(C)c1. The lowest BCUT2D eigenvalue weighted by Crippen LogP contribution is -2.54. The molecule has 0 atom stereocenters. The van der Waals surface area contributed by atoms with E-state index in [1.165, 1.54) is 11.1 Å². The predicted octanol–water partition coefficient (Wildman–Crippen LogP) is 5.87. The smallest absolute Gasteiger partial charge is 0.244 e. The van der Waals surface area contributed by atoms with E-state index in [0.717, 1.165) is 61.9 Å². The maximum Gasteiger partial charge on any atom is 0.244 e. The van der Waals surface area contributed by atoms with Gasteiger partial charge in [0.25, 0.3) is 0 Å². The first-order valence-corrected chi connectivity index (χ1v) is 16.4. The molecular formula is C34H43N3O3S. The number of piperazine rings is 1. The molecule has 1 aliphatic carbocycles. The van der Waals surface area contributed by atoms with Crippen LogP contribution in [0.3, 0.4) is 0 Å². The summed E-state index contributed by atoms with van der Waals surface area (Å²) in [5.74, 6) is -0.0998. The Morgan fingerprint density at radius 3 is 1.83 bits per heavy atom. The number of carbonyl (C=O) groups is 1. The Bertz CT molecular complexity index is 1370. The standard InChI is InChI=1S/C34H43N3O3S/c1-26-23-27(2)34(28(3)24-26)41(39,40)37(31-17-11-6-12-18-31)25-32(38)35-19-21-36(22-20-35)33(29-13-7-4-8-14-29)30-15-9-5-10-16-30/h4-5,7-10,13-16,23-24,31,33H,6,11-12,17-22,25H2,1-3H3. The van der Waals surface area contributed by atoms with Crippen molar-refractivity contribution >= 4 is 15.9 Å². The highest BCUT2D eigenvalue weighted by molar-refractivity contribution is 7.89. The third-order valence-corrected chi connectivity index (χ3v) is 10.9. The van der Waals surface area contributed by atoms with Gasteiger partial charge in [-0.3, -0.25) is 9.69 Å². The molecule has 0 radical (unpaired) electrons. The van der Waals surface area contributed by atoms with Crippen LogP contribution in [0, 0.1) is 20.8 Å². The van der Waals surface area contributed by atoms with Crippen molar-refractivity contribution in [1.29, 1.82) is 0 Å². The Morgan fingerprint density at radius 1 is 0.805 bits per heavy atom. The maximum atomic E-state index is 14.2. The Morgan fingerprint density at radius 2 is 1.32 bits per heavy atom. The molecule has 2 aliphatic rings. The zero-order valence-electron chi connectivity index (χ0n) is 24.6. The average Bonchev–Trinajstić information content (AvgIpc) is 2.97. The zero-order chi connectivity index (χ0) is 29.0. The topological polar surface area (TPSA) is 60.9 Å². The van der Waals surface area contributed by atoms with Gasteiger partial charge in [-0.25, -0.2) is 8.42 Å². The lowest BCUT2D eigenvalue weighted by Gasteiger charge is -2.41. The van der Waals surface area contributed by atoms with Gasteiger partial charge < -0.3 is 4.90 Å². The van der Waals surface area contributed by atoms with Gasteiger partial charge in [-0.15, -0.1) is 0 Å². The summed E-state index contributed by atoms with van der Waals surface area (Å²) in [6, 6.07) is 24.8. The minimum Gasteiger partial charge on any atom is -0.339 e. The van der Waals surface area contributed by atoms with Crippen molar-refractivity contribution in [3.05, 3.63) is 101 Å². The fourth-order valence-corrected chi connectivity index (χ4v) is 8.87. The lowest BCUT2D eigenvalue weighted by atomic mass is 9.95. The normalized spacial score (nSPS) is 17.3. The van der Waals surface area contributed by atoms with Gasteiger partial charge in [-0.2, -0.15) is 4.31 Å². The molecule has 0 bridgehead atoms. The molecule has 3 aromatic carbocycles. The molecule has 1 saturated heterocycles. The van der Waals surface area contributed by atoms with E-state index in [0.29, 0.717) is 18.0 Å². The average molecular weight is 574 g/mol. The molecule has 0 N–H and O–H groups in total. The highest BCUT2D eigenvalue weighted by atomic mass is 32.2. The van der Waals surface area contributed by atoms with Gasteiger partial charge in [0, 0.05) is 32.2 Å². The molecule has 2 fully saturated rings. The second-order valence-corrected chi connectivity index (χ2v) is 13.5. The molecule has 5 rings (SSSR count). The minimum atomic E-state index is -3.83. The van der Waals surface area contributed by atoms with Gasteiger partial charge in [0.15, 0.2) is 0 Å². The van der Waals surface area contributed by atoms with E-state index in [4.69, 9.17) is 0 Å². The molecule has 0 aromatic heterocycles. The molecule has 1 aliphatic heterocycles. The van der Waals surface area contributed by atoms with E-state index in [1.807, 2.05) is 49.9 Å². The number of carbonyl (C=O) groups excluding carboxylic acids is 1. The van der Waals surface area contributed by atoms with Crippen LogP contribution in [0.1, 0.15) is 66.0 Å². The molecule has 3 aromatic rings. The molecule has 6 nitrogen and oxygen atoms in total. The summed E-state index contributed by atoms with van der Waals surface area (Å²) in [7, 11) is -3.83. The van der Waals surface area contributed by atoms with Crippen LogP contribution in [-0.4, -0.2) is 67.2 Å². The second-order valence-electron chi connectivity index (χ2n) is 11.7. The predicted molar refractivity (Wildman–Crippen MR) is 164 cm³/mol. The van der Waals surface area contributed by atoms with Gasteiger partial charge in [0.1, 0.15) is 0 Å². The molecule has 7 heteroatoms. The number of aryl methyl sites for hydroxylation is 3. The van der Waals surface area contributed by atoms with Crippen LogP contribution < -0.4 is 0 Å². The summed E-state index contributed by atoms with van der Waals surface area (Å²) in [6.07, 6.45) is 4.72. The summed E-state index contributed by atoms with van der Waals surface area (Å²) in [6.45, 7) is 8.23. The van der Waals surface area contributed by atoms with Crippen LogP contribution in [0.2, 0.25) is 0 Å². The number of sulfonamides is 1. The first-order valence-electron chi connectivity index (χ1n) is 15.0. The molecular weight excluding hydrogens is 530 g/mol. The number of amides is 1. The van der Waals surface area contributed by atoms with Crippen LogP contribution in [0.15, 0.2) is 77.7 Å². The summed E-state index contributed by atoms with van der Waals surface area (Å²) >= 11 is 0. The van der Waals surface area contributed by atoms with Crippen molar-refractivity contribution < 1.29 is 13.2 Å². The van der Waals surface area contributed by atoms with Crippen molar-refractivity contribution in [2.75, 3.05) is 32.7 Å². The summed E-state index contributed by atoms with van der Waals surface area (Å²) in [5.41, 5.74) is 5.00. The monoisotopic (exact) mass is 573 g/mol. The maximum absolute atomic E-state index is 14.2.